The van der Waals surface area contributed by atoms with Crippen LogP contribution in [0.3, 0.4) is 0 Å². The second-order valence-electron chi connectivity index (χ2n) is 9.22. The second-order valence-corrected chi connectivity index (χ2v) is 9.22. The van der Waals surface area contributed by atoms with E-state index in [0.717, 1.165) is 12.5 Å². The van der Waals surface area contributed by atoms with Gasteiger partial charge < -0.3 is 14.2 Å². The molecule has 3 saturated heterocycles. The summed E-state index contributed by atoms with van der Waals surface area (Å²) in [6.45, 7) is 23.1. The van der Waals surface area contributed by atoms with Gasteiger partial charge in [0, 0.05) is 0 Å². The van der Waals surface area contributed by atoms with Gasteiger partial charge in [0.25, 0.3) is 0 Å². The molecule has 3 aliphatic rings. The summed E-state index contributed by atoms with van der Waals surface area (Å²) in [6, 6.07) is 0. The molecule has 0 aromatic rings. The van der Waals surface area contributed by atoms with E-state index in [0.29, 0.717) is 54.2 Å². The van der Waals surface area contributed by atoms with Crippen LogP contribution in [-0.4, -0.2) is 37.1 Å². The van der Waals surface area contributed by atoms with Crippen LogP contribution < -0.4 is 0 Å². The van der Waals surface area contributed by atoms with E-state index in [1.807, 2.05) is 0 Å². The zero-order valence-electron chi connectivity index (χ0n) is 17.7. The molecule has 3 rings (SSSR count). The second kappa shape index (κ2) is 9.54. The molecule has 3 aliphatic heterocycles. The minimum Gasteiger partial charge on any atom is -0.373 e. The molecule has 0 bridgehead atoms. The molecule has 144 valence electrons. The van der Waals surface area contributed by atoms with Gasteiger partial charge in [-0.3, -0.25) is 0 Å². The SMILES string of the molecule is CC(C)C1CO1.CC(C)C1OC1C(C)C.CC(C)C1OC1C(C)C. The number of ether oxygens (including phenoxy) is 3. The molecule has 0 spiro atoms. The number of epoxide rings is 3. The summed E-state index contributed by atoms with van der Waals surface area (Å²) < 4.78 is 15.8. The third-order valence-electron chi connectivity index (χ3n) is 4.85. The molecule has 0 aromatic carbocycles. The van der Waals surface area contributed by atoms with Crippen molar-refractivity contribution in [2.24, 2.45) is 29.6 Å². The Bertz CT molecular complexity index is 295. The lowest BCUT2D eigenvalue weighted by molar-refractivity contribution is 0.313. The molecule has 0 amide bonds. The summed E-state index contributed by atoms with van der Waals surface area (Å²) in [4.78, 5) is 0. The molecular weight excluding hydrogens is 300 g/mol. The number of hydrogen-bond donors (Lipinski definition) is 0. The molecule has 5 atom stereocenters. The van der Waals surface area contributed by atoms with Crippen LogP contribution in [0.4, 0.5) is 0 Å². The van der Waals surface area contributed by atoms with Gasteiger partial charge in [-0.05, 0) is 29.6 Å². The first-order valence-electron chi connectivity index (χ1n) is 9.98. The molecule has 0 aromatic heterocycles. The molecule has 3 heterocycles. The largest absolute Gasteiger partial charge is 0.373 e. The third-order valence-corrected chi connectivity index (χ3v) is 4.85. The van der Waals surface area contributed by atoms with Crippen molar-refractivity contribution in [3.8, 4) is 0 Å². The Morgan fingerprint density at radius 1 is 0.500 bits per heavy atom. The smallest absolute Gasteiger partial charge is 0.0867 e. The van der Waals surface area contributed by atoms with Gasteiger partial charge in [-0.15, -0.1) is 0 Å². The van der Waals surface area contributed by atoms with Crippen LogP contribution in [-0.2, 0) is 14.2 Å². The van der Waals surface area contributed by atoms with E-state index < -0.39 is 0 Å². The molecular formula is C21H42O3. The van der Waals surface area contributed by atoms with Crippen molar-refractivity contribution in [2.75, 3.05) is 6.61 Å². The molecule has 0 radical (unpaired) electrons. The molecule has 5 unspecified atom stereocenters. The fourth-order valence-electron chi connectivity index (χ4n) is 2.86. The van der Waals surface area contributed by atoms with Crippen LogP contribution in [0.1, 0.15) is 69.2 Å². The lowest BCUT2D eigenvalue weighted by Gasteiger charge is -1.99. The predicted molar refractivity (Wildman–Crippen MR) is 101 cm³/mol. The van der Waals surface area contributed by atoms with Gasteiger partial charge in [0.2, 0.25) is 0 Å². The van der Waals surface area contributed by atoms with Crippen LogP contribution in [0.2, 0.25) is 0 Å². The third kappa shape index (κ3) is 7.84. The lowest BCUT2D eigenvalue weighted by atomic mass is 10.0. The highest BCUT2D eigenvalue weighted by Gasteiger charge is 2.43. The van der Waals surface area contributed by atoms with Crippen molar-refractivity contribution in [1.29, 1.82) is 0 Å². The normalized spacial score (nSPS) is 33.4. The predicted octanol–water partition coefficient (Wildman–Crippen LogP) is 5.17. The molecule has 3 fully saturated rings. The Morgan fingerprint density at radius 3 is 0.792 bits per heavy atom. The van der Waals surface area contributed by atoms with Gasteiger partial charge in [-0.2, -0.15) is 0 Å². The maximum atomic E-state index is 5.44. The van der Waals surface area contributed by atoms with E-state index in [1.54, 1.807) is 0 Å². The summed E-state index contributed by atoms with van der Waals surface area (Å²) >= 11 is 0. The van der Waals surface area contributed by atoms with Gasteiger partial charge >= 0.3 is 0 Å². The zero-order valence-corrected chi connectivity index (χ0v) is 17.7. The average molecular weight is 343 g/mol. The van der Waals surface area contributed by atoms with Gasteiger partial charge in [-0.25, -0.2) is 0 Å². The average Bonchev–Trinajstić information content (AvgIpc) is 3.37. The summed E-state index contributed by atoms with van der Waals surface area (Å²) in [6.07, 6.45) is 2.84. The fraction of sp³-hybridized carbons (Fsp3) is 1.00. The highest BCUT2D eigenvalue weighted by molar-refractivity contribution is 4.89. The van der Waals surface area contributed by atoms with Crippen LogP contribution in [0.5, 0.6) is 0 Å². The van der Waals surface area contributed by atoms with Crippen molar-refractivity contribution < 1.29 is 14.2 Å². The first-order valence-corrected chi connectivity index (χ1v) is 9.98. The summed E-state index contributed by atoms with van der Waals surface area (Å²) in [5.74, 6) is 3.56. The molecule has 0 N–H and O–H groups in total. The highest BCUT2D eigenvalue weighted by Crippen LogP contribution is 2.34. The van der Waals surface area contributed by atoms with Gasteiger partial charge in [0.1, 0.15) is 0 Å². The van der Waals surface area contributed by atoms with Crippen molar-refractivity contribution in [3.63, 3.8) is 0 Å². The maximum absolute atomic E-state index is 5.44. The van der Waals surface area contributed by atoms with Crippen molar-refractivity contribution >= 4 is 0 Å². The fourth-order valence-corrected chi connectivity index (χ4v) is 2.86. The quantitative estimate of drug-likeness (QED) is 0.647. The van der Waals surface area contributed by atoms with E-state index >= 15 is 0 Å². The van der Waals surface area contributed by atoms with E-state index in [4.69, 9.17) is 14.2 Å². The van der Waals surface area contributed by atoms with Crippen molar-refractivity contribution in [1.82, 2.24) is 0 Å². The first kappa shape index (κ1) is 21.9. The molecule has 0 aliphatic carbocycles. The van der Waals surface area contributed by atoms with Crippen LogP contribution in [0, 0.1) is 29.6 Å². The highest BCUT2D eigenvalue weighted by atomic mass is 16.6. The Labute approximate surface area is 150 Å². The molecule has 0 saturated carbocycles. The molecule has 24 heavy (non-hydrogen) atoms. The summed E-state index contributed by atoms with van der Waals surface area (Å²) in [5, 5.41) is 0. The Kier molecular flexibility index (Phi) is 8.72. The van der Waals surface area contributed by atoms with Gasteiger partial charge in [0.15, 0.2) is 0 Å². The van der Waals surface area contributed by atoms with Gasteiger partial charge in [0.05, 0.1) is 37.1 Å². The van der Waals surface area contributed by atoms with Crippen molar-refractivity contribution in [2.45, 2.75) is 99.8 Å². The van der Waals surface area contributed by atoms with Crippen LogP contribution in [0.15, 0.2) is 0 Å². The number of hydrogen-bond acceptors (Lipinski definition) is 3. The lowest BCUT2D eigenvalue weighted by Crippen LogP contribution is -2.07. The first-order chi connectivity index (χ1) is 11.1. The van der Waals surface area contributed by atoms with E-state index in [9.17, 15) is 0 Å². The Morgan fingerprint density at radius 2 is 0.750 bits per heavy atom. The van der Waals surface area contributed by atoms with Crippen LogP contribution in [0.25, 0.3) is 0 Å². The summed E-state index contributed by atoms with van der Waals surface area (Å²) in [5.41, 5.74) is 0. The minimum atomic E-state index is 0.560. The van der Waals surface area contributed by atoms with Crippen LogP contribution >= 0.6 is 0 Å². The van der Waals surface area contributed by atoms with Crippen molar-refractivity contribution in [3.05, 3.63) is 0 Å². The minimum absolute atomic E-state index is 0.560. The zero-order chi connectivity index (χ0) is 18.6. The monoisotopic (exact) mass is 342 g/mol. The standard InChI is InChI=1S/2C8H16O.C5H10O/c2*1-5(2)7-8(9-7)6(3)4;1-4(2)5-3-6-5/h2*5-8H,1-4H3;4-5H,3H2,1-2H3. The topological polar surface area (TPSA) is 37.6 Å². The van der Waals surface area contributed by atoms with E-state index in [-0.39, 0.29) is 0 Å². The van der Waals surface area contributed by atoms with Gasteiger partial charge in [-0.1, -0.05) is 69.2 Å². The molecule has 3 nitrogen and oxygen atoms in total. The molecule has 3 heteroatoms. The maximum Gasteiger partial charge on any atom is 0.0867 e. The Hall–Kier alpha value is -0.120. The summed E-state index contributed by atoms with van der Waals surface area (Å²) in [7, 11) is 0. The van der Waals surface area contributed by atoms with E-state index in [1.165, 1.54) is 0 Å². The van der Waals surface area contributed by atoms with E-state index in [2.05, 4.69) is 69.2 Å². The Balaban J connectivity index is 0.000000184. The number of rotatable bonds is 5.